The van der Waals surface area contributed by atoms with Crippen molar-refractivity contribution in [3.8, 4) is 5.75 Å². The Morgan fingerprint density at radius 3 is 2.03 bits per heavy atom. The maximum Gasteiger partial charge on any atom is 0.123 e. The summed E-state index contributed by atoms with van der Waals surface area (Å²) in [5.41, 5.74) is 2.59. The van der Waals surface area contributed by atoms with Gasteiger partial charge in [-0.25, -0.2) is 4.39 Å². The first-order valence-corrected chi connectivity index (χ1v) is 12.1. The number of aliphatic hydroxyl groups is 2. The molecule has 0 radical (unpaired) electrons. The highest BCUT2D eigenvalue weighted by molar-refractivity contribution is 7.98. The van der Waals surface area contributed by atoms with Crippen LogP contribution in [0.25, 0.3) is 0 Å². The van der Waals surface area contributed by atoms with E-state index in [2.05, 4.69) is 18.4 Å². The van der Waals surface area contributed by atoms with E-state index < -0.39 is 0 Å². The van der Waals surface area contributed by atoms with Crippen molar-refractivity contribution in [3.63, 3.8) is 0 Å². The zero-order chi connectivity index (χ0) is 21.3. The summed E-state index contributed by atoms with van der Waals surface area (Å²) in [5.74, 6) is 2.44. The van der Waals surface area contributed by atoms with Crippen LogP contribution >= 0.6 is 11.8 Å². The van der Waals surface area contributed by atoms with E-state index in [1.807, 2.05) is 18.2 Å². The Hall–Kier alpha value is -1.56. The molecule has 2 aromatic rings. The van der Waals surface area contributed by atoms with Crippen molar-refractivity contribution in [2.75, 3.05) is 26.1 Å². The molecule has 0 aromatic heterocycles. The number of benzene rings is 2. The summed E-state index contributed by atoms with van der Waals surface area (Å²) in [4.78, 5) is 1.20. The van der Waals surface area contributed by atoms with Crippen LogP contribution in [0.4, 0.5) is 4.39 Å². The van der Waals surface area contributed by atoms with Crippen LogP contribution in [0.3, 0.4) is 0 Å². The van der Waals surface area contributed by atoms with Crippen LogP contribution in [0, 0.1) is 11.7 Å². The molecule has 0 atom stereocenters. The first-order valence-electron chi connectivity index (χ1n) is 10.9. The minimum atomic E-state index is -0.165. The molecule has 0 spiro atoms. The highest BCUT2D eigenvalue weighted by Gasteiger charge is 2.24. The molecular weight excluding hydrogens is 399 g/mol. The Kier molecular flexibility index (Phi) is 9.04. The molecule has 5 heteroatoms. The third-order valence-electron chi connectivity index (χ3n) is 5.99. The molecule has 0 unspecified atom stereocenters. The quantitative estimate of drug-likeness (QED) is 0.547. The van der Waals surface area contributed by atoms with E-state index in [1.54, 1.807) is 23.9 Å². The highest BCUT2D eigenvalue weighted by Crippen LogP contribution is 2.42. The molecule has 0 bridgehead atoms. The van der Waals surface area contributed by atoms with Gasteiger partial charge in [0, 0.05) is 11.5 Å². The lowest BCUT2D eigenvalue weighted by Gasteiger charge is -2.29. The van der Waals surface area contributed by atoms with Gasteiger partial charge in [0.15, 0.2) is 0 Å². The SMILES string of the molecule is CSc1cc(OCCO)cc(C2CCC(c3ccc(F)cc3)CC2)c1.OCC1CC1. The summed E-state index contributed by atoms with van der Waals surface area (Å²) in [6, 6.07) is 13.4. The second-order valence-corrected chi connectivity index (χ2v) is 9.12. The van der Waals surface area contributed by atoms with Gasteiger partial charge in [0.25, 0.3) is 0 Å². The van der Waals surface area contributed by atoms with Gasteiger partial charge >= 0.3 is 0 Å². The van der Waals surface area contributed by atoms with Crippen LogP contribution in [-0.4, -0.2) is 36.3 Å². The average Bonchev–Trinajstić information content (AvgIpc) is 3.63. The molecule has 0 amide bonds. The summed E-state index contributed by atoms with van der Waals surface area (Å²) in [7, 11) is 0. The molecule has 4 rings (SSSR count). The van der Waals surface area contributed by atoms with Crippen molar-refractivity contribution < 1.29 is 19.3 Å². The second kappa shape index (κ2) is 11.7. The van der Waals surface area contributed by atoms with Crippen LogP contribution in [-0.2, 0) is 0 Å². The summed E-state index contributed by atoms with van der Waals surface area (Å²) < 4.78 is 18.7. The smallest absolute Gasteiger partial charge is 0.123 e. The highest BCUT2D eigenvalue weighted by atomic mass is 32.2. The molecule has 3 nitrogen and oxygen atoms in total. The maximum absolute atomic E-state index is 13.1. The van der Waals surface area contributed by atoms with E-state index in [0.29, 0.717) is 31.0 Å². The predicted octanol–water partition coefficient (Wildman–Crippen LogP) is 5.75. The van der Waals surface area contributed by atoms with E-state index in [0.717, 1.165) is 31.4 Å². The van der Waals surface area contributed by atoms with Crippen LogP contribution < -0.4 is 4.74 Å². The fourth-order valence-corrected chi connectivity index (χ4v) is 4.48. The molecule has 0 aliphatic heterocycles. The number of ether oxygens (including phenoxy) is 1. The molecule has 2 aliphatic rings. The zero-order valence-electron chi connectivity index (χ0n) is 17.7. The Balaban J connectivity index is 0.000000448. The van der Waals surface area contributed by atoms with Crippen molar-refractivity contribution in [1.29, 1.82) is 0 Å². The number of hydrogen-bond acceptors (Lipinski definition) is 4. The molecule has 2 N–H and O–H groups in total. The van der Waals surface area contributed by atoms with Crippen molar-refractivity contribution in [3.05, 3.63) is 59.4 Å². The Morgan fingerprint density at radius 1 is 0.900 bits per heavy atom. The van der Waals surface area contributed by atoms with Gasteiger partial charge in [0.2, 0.25) is 0 Å². The lowest BCUT2D eigenvalue weighted by Crippen LogP contribution is -2.12. The largest absolute Gasteiger partial charge is 0.491 e. The predicted molar refractivity (Wildman–Crippen MR) is 121 cm³/mol. The number of thioether (sulfide) groups is 1. The molecule has 164 valence electrons. The minimum absolute atomic E-state index is 0.0294. The third kappa shape index (κ3) is 7.00. The Morgan fingerprint density at radius 2 is 1.53 bits per heavy atom. The van der Waals surface area contributed by atoms with Crippen LogP contribution in [0.15, 0.2) is 47.4 Å². The number of hydrogen-bond donors (Lipinski definition) is 2. The van der Waals surface area contributed by atoms with Gasteiger partial charge in [0.1, 0.15) is 18.2 Å². The molecule has 30 heavy (non-hydrogen) atoms. The van der Waals surface area contributed by atoms with Crippen molar-refractivity contribution in [2.45, 2.75) is 55.3 Å². The van der Waals surface area contributed by atoms with Gasteiger partial charge in [0.05, 0.1) is 6.61 Å². The monoisotopic (exact) mass is 432 g/mol. The molecule has 2 fully saturated rings. The van der Waals surface area contributed by atoms with Crippen LogP contribution in [0.5, 0.6) is 5.75 Å². The minimum Gasteiger partial charge on any atom is -0.491 e. The van der Waals surface area contributed by atoms with Gasteiger partial charge in [-0.1, -0.05) is 12.1 Å². The first-order chi connectivity index (χ1) is 14.6. The topological polar surface area (TPSA) is 49.7 Å². The fourth-order valence-electron chi connectivity index (χ4n) is 3.99. The molecule has 2 saturated carbocycles. The summed E-state index contributed by atoms with van der Waals surface area (Å²) in [6.45, 7) is 0.774. The van der Waals surface area contributed by atoms with E-state index >= 15 is 0 Å². The van der Waals surface area contributed by atoms with Gasteiger partial charge < -0.3 is 14.9 Å². The number of rotatable bonds is 7. The number of aliphatic hydroxyl groups excluding tert-OH is 2. The molecule has 0 saturated heterocycles. The lowest BCUT2D eigenvalue weighted by atomic mass is 9.76. The normalized spacial score (nSPS) is 20.9. The summed E-state index contributed by atoms with van der Waals surface area (Å²) >= 11 is 1.72. The number of halogens is 1. The standard InChI is InChI=1S/C21H25FO2S.C4H8O/c1-25-21-13-18(12-20(14-21)24-11-10-23)17-4-2-15(3-5-17)16-6-8-19(22)9-7-16;5-3-4-1-2-4/h6-9,12-15,17,23H,2-5,10-11H2,1H3;4-5H,1-3H2. The van der Waals surface area contributed by atoms with Crippen molar-refractivity contribution in [2.24, 2.45) is 5.92 Å². The van der Waals surface area contributed by atoms with E-state index in [1.165, 1.54) is 28.9 Å². The second-order valence-electron chi connectivity index (χ2n) is 8.24. The molecule has 2 aromatic carbocycles. The van der Waals surface area contributed by atoms with E-state index in [9.17, 15) is 4.39 Å². The van der Waals surface area contributed by atoms with E-state index in [-0.39, 0.29) is 12.4 Å². The van der Waals surface area contributed by atoms with Gasteiger partial charge in [-0.3, -0.25) is 0 Å². The van der Waals surface area contributed by atoms with Crippen molar-refractivity contribution >= 4 is 11.8 Å². The molecular formula is C25H33FO3S. The van der Waals surface area contributed by atoms with Gasteiger partial charge in [-0.2, -0.15) is 0 Å². The van der Waals surface area contributed by atoms with Crippen molar-refractivity contribution in [1.82, 2.24) is 0 Å². The summed E-state index contributed by atoms with van der Waals surface area (Å²) in [6.07, 6.45) is 9.13. The molecule has 0 heterocycles. The third-order valence-corrected chi connectivity index (χ3v) is 6.70. The Labute approximate surface area is 183 Å². The fraction of sp³-hybridized carbons (Fsp3) is 0.520. The van der Waals surface area contributed by atoms with E-state index in [4.69, 9.17) is 14.9 Å². The zero-order valence-corrected chi connectivity index (χ0v) is 18.5. The van der Waals surface area contributed by atoms with Gasteiger partial charge in [-0.05, 0) is 104 Å². The van der Waals surface area contributed by atoms with Gasteiger partial charge in [-0.15, -0.1) is 11.8 Å². The van der Waals surface area contributed by atoms with Crippen LogP contribution in [0.2, 0.25) is 0 Å². The molecule has 2 aliphatic carbocycles. The first kappa shape index (κ1) is 23.1. The maximum atomic E-state index is 13.1. The van der Waals surface area contributed by atoms with Crippen LogP contribution in [0.1, 0.15) is 61.5 Å². The summed E-state index contributed by atoms with van der Waals surface area (Å²) in [5, 5.41) is 17.2. The lowest BCUT2D eigenvalue weighted by molar-refractivity contribution is 0.201. The average molecular weight is 433 g/mol. The Bertz CT molecular complexity index is 768.